The van der Waals surface area contributed by atoms with Crippen LogP contribution < -0.4 is 5.32 Å². The van der Waals surface area contributed by atoms with E-state index in [2.05, 4.69) is 21.2 Å². The molecule has 2 aromatic rings. The summed E-state index contributed by atoms with van der Waals surface area (Å²) in [6.07, 6.45) is 0. The topological polar surface area (TPSA) is 12.0 Å². The van der Waals surface area contributed by atoms with Crippen LogP contribution in [0.5, 0.6) is 0 Å². The molecule has 0 amide bonds. The third-order valence-corrected chi connectivity index (χ3v) is 4.69. The first-order valence-corrected chi connectivity index (χ1v) is 7.38. The van der Waals surface area contributed by atoms with Gasteiger partial charge in [-0.1, -0.05) is 6.07 Å². The van der Waals surface area contributed by atoms with E-state index >= 15 is 0 Å². The lowest BCUT2D eigenvalue weighted by Crippen LogP contribution is -2.19. The normalized spacial score (nSPS) is 12.7. The molecule has 1 nitrogen and oxygen atoms in total. The van der Waals surface area contributed by atoms with Gasteiger partial charge in [-0.25, -0.2) is 4.39 Å². The molecule has 0 fully saturated rings. The maximum absolute atomic E-state index is 14.2. The molecule has 4 heteroatoms. The number of hydrogen-bond donors (Lipinski definition) is 1. The minimum Gasteiger partial charge on any atom is -0.309 e. The van der Waals surface area contributed by atoms with Gasteiger partial charge in [0.15, 0.2) is 0 Å². The zero-order chi connectivity index (χ0) is 13.3. The fraction of sp³-hybridized carbons (Fsp3) is 0.286. The predicted octanol–water partition coefficient (Wildman–Crippen LogP) is 4.58. The monoisotopic (exact) mass is 327 g/mol. The van der Waals surface area contributed by atoms with Crippen LogP contribution in [-0.4, -0.2) is 7.05 Å². The molecule has 1 aromatic carbocycles. The minimum absolute atomic E-state index is 0.0955. The summed E-state index contributed by atoms with van der Waals surface area (Å²) in [6, 6.07) is 5.55. The van der Waals surface area contributed by atoms with E-state index < -0.39 is 0 Å². The molecule has 0 aliphatic carbocycles. The zero-order valence-corrected chi connectivity index (χ0v) is 13.0. The van der Waals surface area contributed by atoms with Crippen LogP contribution >= 0.6 is 27.3 Å². The van der Waals surface area contributed by atoms with Crippen molar-refractivity contribution in [1.82, 2.24) is 5.32 Å². The van der Waals surface area contributed by atoms with E-state index in [1.807, 2.05) is 38.4 Å². The summed E-state index contributed by atoms with van der Waals surface area (Å²) in [5.74, 6) is -0.142. The number of halogens is 2. The van der Waals surface area contributed by atoms with Crippen molar-refractivity contribution in [2.75, 3.05) is 7.05 Å². The Morgan fingerprint density at radius 2 is 2.00 bits per heavy atom. The highest BCUT2D eigenvalue weighted by Crippen LogP contribution is 2.33. The summed E-state index contributed by atoms with van der Waals surface area (Å²) < 4.78 is 15.2. The van der Waals surface area contributed by atoms with Crippen LogP contribution in [0.15, 0.2) is 28.1 Å². The van der Waals surface area contributed by atoms with E-state index in [-0.39, 0.29) is 11.9 Å². The number of rotatable bonds is 3. The van der Waals surface area contributed by atoms with Crippen molar-refractivity contribution in [1.29, 1.82) is 0 Å². The first-order valence-electron chi connectivity index (χ1n) is 5.70. The van der Waals surface area contributed by atoms with Crippen LogP contribution in [0.25, 0.3) is 0 Å². The molecule has 1 heterocycles. The SMILES string of the molecule is CNC(c1cc(Br)cs1)c1c(C)cc(C)cc1F. The highest BCUT2D eigenvalue weighted by molar-refractivity contribution is 9.10. The molecule has 18 heavy (non-hydrogen) atoms. The number of thiophene rings is 1. The summed E-state index contributed by atoms with van der Waals surface area (Å²) in [7, 11) is 1.86. The van der Waals surface area contributed by atoms with E-state index in [1.54, 1.807) is 17.4 Å². The summed E-state index contributed by atoms with van der Waals surface area (Å²) in [6.45, 7) is 3.87. The van der Waals surface area contributed by atoms with Gasteiger partial charge in [-0.15, -0.1) is 11.3 Å². The van der Waals surface area contributed by atoms with Crippen molar-refractivity contribution in [3.8, 4) is 0 Å². The molecule has 1 N–H and O–H groups in total. The second-order valence-electron chi connectivity index (χ2n) is 4.37. The smallest absolute Gasteiger partial charge is 0.128 e. The lowest BCUT2D eigenvalue weighted by atomic mass is 9.97. The number of nitrogens with one attached hydrogen (secondary N) is 1. The molecule has 1 aromatic heterocycles. The van der Waals surface area contributed by atoms with Gasteiger partial charge >= 0.3 is 0 Å². The van der Waals surface area contributed by atoms with Crippen molar-refractivity contribution in [3.05, 3.63) is 55.4 Å². The Labute approximate surface area is 119 Å². The van der Waals surface area contributed by atoms with Gasteiger partial charge in [0.25, 0.3) is 0 Å². The Kier molecular flexibility index (Phi) is 4.20. The third kappa shape index (κ3) is 2.66. The quantitative estimate of drug-likeness (QED) is 0.870. The Bertz CT molecular complexity index is 542. The first-order chi connectivity index (χ1) is 8.52. The molecular weight excluding hydrogens is 313 g/mol. The van der Waals surface area contributed by atoms with Gasteiger partial charge in [0.2, 0.25) is 0 Å². The third-order valence-electron chi connectivity index (χ3n) is 2.93. The molecule has 0 aliphatic rings. The number of hydrogen-bond acceptors (Lipinski definition) is 2. The average Bonchev–Trinajstić information content (AvgIpc) is 2.69. The van der Waals surface area contributed by atoms with Crippen molar-refractivity contribution < 1.29 is 4.39 Å². The summed E-state index contributed by atoms with van der Waals surface area (Å²) in [5, 5.41) is 5.21. The Morgan fingerprint density at radius 3 is 2.50 bits per heavy atom. The maximum atomic E-state index is 14.2. The highest BCUT2D eigenvalue weighted by atomic mass is 79.9. The molecule has 0 saturated carbocycles. The van der Waals surface area contributed by atoms with Gasteiger partial charge in [0.1, 0.15) is 5.82 Å². The molecule has 1 unspecified atom stereocenters. The standard InChI is InChI=1S/C14H15BrFNS/c1-8-4-9(2)13(11(16)5-8)14(17-3)12-6-10(15)7-18-12/h4-7,14,17H,1-3H3. The molecule has 0 saturated heterocycles. The van der Waals surface area contributed by atoms with Crippen LogP contribution in [-0.2, 0) is 0 Å². The van der Waals surface area contributed by atoms with Crippen LogP contribution in [0.4, 0.5) is 4.39 Å². The summed E-state index contributed by atoms with van der Waals surface area (Å²) in [4.78, 5) is 1.11. The van der Waals surface area contributed by atoms with Gasteiger partial charge < -0.3 is 5.32 Å². The van der Waals surface area contributed by atoms with Gasteiger partial charge in [0.05, 0.1) is 6.04 Å². The molecule has 1 atom stereocenters. The first kappa shape index (κ1) is 13.7. The van der Waals surface area contributed by atoms with E-state index in [0.717, 1.165) is 26.0 Å². The largest absolute Gasteiger partial charge is 0.309 e. The molecular formula is C14H15BrFNS. The van der Waals surface area contributed by atoms with E-state index in [1.165, 1.54) is 0 Å². The lowest BCUT2D eigenvalue weighted by Gasteiger charge is -2.19. The van der Waals surface area contributed by atoms with Crippen molar-refractivity contribution in [2.45, 2.75) is 19.9 Å². The Balaban J connectivity index is 2.51. The van der Waals surface area contributed by atoms with Gasteiger partial charge in [-0.3, -0.25) is 0 Å². The second-order valence-corrected chi connectivity index (χ2v) is 6.22. The van der Waals surface area contributed by atoms with Crippen molar-refractivity contribution in [2.24, 2.45) is 0 Å². The number of aryl methyl sites for hydroxylation is 2. The fourth-order valence-electron chi connectivity index (χ4n) is 2.20. The van der Waals surface area contributed by atoms with Gasteiger partial charge in [0, 0.05) is 20.3 Å². The van der Waals surface area contributed by atoms with Gasteiger partial charge in [-0.05, 0) is 60.1 Å². The highest BCUT2D eigenvalue weighted by Gasteiger charge is 2.20. The molecule has 2 rings (SSSR count). The van der Waals surface area contributed by atoms with Gasteiger partial charge in [-0.2, -0.15) is 0 Å². The van der Waals surface area contributed by atoms with Crippen molar-refractivity contribution in [3.63, 3.8) is 0 Å². The molecule has 0 radical (unpaired) electrons. The maximum Gasteiger partial charge on any atom is 0.128 e. The zero-order valence-electron chi connectivity index (χ0n) is 10.6. The van der Waals surface area contributed by atoms with E-state index in [0.29, 0.717) is 0 Å². The second kappa shape index (κ2) is 5.51. The summed E-state index contributed by atoms with van der Waals surface area (Å²) >= 11 is 5.06. The Hall–Kier alpha value is -0.710. The van der Waals surface area contributed by atoms with Crippen molar-refractivity contribution >= 4 is 27.3 Å². The summed E-state index contributed by atoms with van der Waals surface area (Å²) in [5.41, 5.74) is 2.67. The van der Waals surface area contributed by atoms with Crippen LogP contribution in [0.2, 0.25) is 0 Å². The van der Waals surface area contributed by atoms with E-state index in [4.69, 9.17) is 0 Å². The molecule has 0 bridgehead atoms. The van der Waals surface area contributed by atoms with Crippen LogP contribution in [0.1, 0.15) is 27.6 Å². The predicted molar refractivity (Wildman–Crippen MR) is 78.8 cm³/mol. The Morgan fingerprint density at radius 1 is 1.28 bits per heavy atom. The average molecular weight is 328 g/mol. The molecule has 96 valence electrons. The molecule has 0 spiro atoms. The number of benzene rings is 1. The fourth-order valence-corrected chi connectivity index (χ4v) is 3.76. The lowest BCUT2D eigenvalue weighted by molar-refractivity contribution is 0.575. The van der Waals surface area contributed by atoms with Crippen LogP contribution in [0, 0.1) is 19.7 Å². The molecule has 0 aliphatic heterocycles. The van der Waals surface area contributed by atoms with Crippen LogP contribution in [0.3, 0.4) is 0 Å². The van der Waals surface area contributed by atoms with E-state index in [9.17, 15) is 4.39 Å². The minimum atomic E-state index is -0.142.